The van der Waals surface area contributed by atoms with Gasteiger partial charge in [0, 0.05) is 23.3 Å². The van der Waals surface area contributed by atoms with E-state index >= 15 is 0 Å². The summed E-state index contributed by atoms with van der Waals surface area (Å²) in [4.78, 5) is 28.1. The highest BCUT2D eigenvalue weighted by atomic mass is 32.2. The van der Waals surface area contributed by atoms with E-state index in [0.29, 0.717) is 28.7 Å². The maximum absolute atomic E-state index is 12.9. The summed E-state index contributed by atoms with van der Waals surface area (Å²) in [7, 11) is 1.82. The number of amides is 1. The summed E-state index contributed by atoms with van der Waals surface area (Å²) in [5.41, 5.74) is 2.84. The van der Waals surface area contributed by atoms with E-state index in [1.54, 1.807) is 4.90 Å². The van der Waals surface area contributed by atoms with Crippen LogP contribution in [0.25, 0.3) is 0 Å². The second-order valence-corrected chi connectivity index (χ2v) is 9.64. The smallest absolute Gasteiger partial charge is 0.338 e. The van der Waals surface area contributed by atoms with E-state index in [-0.39, 0.29) is 17.8 Å². The van der Waals surface area contributed by atoms with E-state index in [2.05, 4.69) is 10.6 Å². The third kappa shape index (κ3) is 6.58. The zero-order chi connectivity index (χ0) is 24.0. The van der Waals surface area contributed by atoms with Gasteiger partial charge in [0.25, 0.3) is 0 Å². The summed E-state index contributed by atoms with van der Waals surface area (Å²) >= 11 is 6.94. The fourth-order valence-electron chi connectivity index (χ4n) is 3.29. The van der Waals surface area contributed by atoms with Gasteiger partial charge in [-0.3, -0.25) is 4.79 Å². The van der Waals surface area contributed by atoms with Crippen LogP contribution in [0.1, 0.15) is 32.4 Å². The van der Waals surface area contributed by atoms with Gasteiger partial charge < -0.3 is 20.3 Å². The first kappa shape index (κ1) is 24.8. The Morgan fingerprint density at radius 1 is 1.15 bits per heavy atom. The molecular formula is C25H29N3O3S2. The van der Waals surface area contributed by atoms with Crippen molar-refractivity contribution < 1.29 is 14.3 Å². The number of allylic oxidation sites excluding steroid dienone is 1. The van der Waals surface area contributed by atoms with Crippen molar-refractivity contribution in [2.75, 3.05) is 24.7 Å². The van der Waals surface area contributed by atoms with Gasteiger partial charge in [0.15, 0.2) is 5.11 Å². The summed E-state index contributed by atoms with van der Waals surface area (Å²) in [6, 6.07) is 16.8. The average molecular weight is 484 g/mol. The van der Waals surface area contributed by atoms with E-state index < -0.39 is 6.04 Å². The predicted molar refractivity (Wildman–Crippen MR) is 137 cm³/mol. The molecule has 2 aromatic rings. The number of rotatable bonds is 8. The van der Waals surface area contributed by atoms with Gasteiger partial charge in [0.1, 0.15) is 0 Å². The van der Waals surface area contributed by atoms with E-state index in [1.807, 2.05) is 82.4 Å². The Bertz CT molecular complexity index is 1040. The Balaban J connectivity index is 1.71. The number of benzene rings is 2. The fourth-order valence-corrected chi connectivity index (χ4v) is 4.27. The first-order chi connectivity index (χ1) is 15.8. The second kappa shape index (κ2) is 11.3. The molecule has 1 unspecified atom stereocenters. The lowest BCUT2D eigenvalue weighted by Gasteiger charge is -2.35. The number of thioether (sulfide) groups is 1. The third-order valence-electron chi connectivity index (χ3n) is 5.16. The molecule has 2 aromatic carbocycles. The number of hydrogen-bond acceptors (Lipinski definition) is 5. The van der Waals surface area contributed by atoms with Crippen molar-refractivity contribution in [2.24, 2.45) is 5.92 Å². The molecule has 1 aliphatic heterocycles. The van der Waals surface area contributed by atoms with Crippen LogP contribution in [-0.4, -0.2) is 41.3 Å². The molecule has 1 heterocycles. The molecule has 0 aliphatic carbocycles. The first-order valence-corrected chi connectivity index (χ1v) is 12.2. The molecule has 0 fully saturated rings. The van der Waals surface area contributed by atoms with Gasteiger partial charge in [-0.25, -0.2) is 4.79 Å². The topological polar surface area (TPSA) is 70.7 Å². The van der Waals surface area contributed by atoms with Crippen LogP contribution in [0, 0.1) is 5.92 Å². The summed E-state index contributed by atoms with van der Waals surface area (Å²) in [5.74, 6) is 0.128. The number of hydrogen-bond donors (Lipinski definition) is 2. The van der Waals surface area contributed by atoms with E-state index in [0.717, 1.165) is 16.2 Å². The number of anilines is 1. The SMILES string of the molecule is CC1=C(C(=O)OCC(C)C)C(c2ccc(NC(=O)CSc3ccccc3)cc2)NC(=S)N1C. The first-order valence-electron chi connectivity index (χ1n) is 10.8. The molecule has 1 atom stereocenters. The van der Waals surface area contributed by atoms with Crippen molar-refractivity contribution >= 4 is 46.7 Å². The van der Waals surface area contributed by atoms with Crippen molar-refractivity contribution in [3.63, 3.8) is 0 Å². The number of carbonyl (C=O) groups is 2. The maximum atomic E-state index is 12.9. The molecule has 0 radical (unpaired) electrons. The van der Waals surface area contributed by atoms with Crippen molar-refractivity contribution in [3.8, 4) is 0 Å². The minimum absolute atomic E-state index is 0.0797. The van der Waals surface area contributed by atoms with Crippen LogP contribution in [0.3, 0.4) is 0 Å². The van der Waals surface area contributed by atoms with E-state index in [4.69, 9.17) is 17.0 Å². The summed E-state index contributed by atoms with van der Waals surface area (Å²) in [5, 5.41) is 6.69. The van der Waals surface area contributed by atoms with Crippen molar-refractivity contribution in [3.05, 3.63) is 71.4 Å². The monoisotopic (exact) mass is 483 g/mol. The largest absolute Gasteiger partial charge is 0.462 e. The lowest BCUT2D eigenvalue weighted by Crippen LogP contribution is -2.46. The molecule has 0 aromatic heterocycles. The number of carbonyl (C=O) groups excluding carboxylic acids is 2. The summed E-state index contributed by atoms with van der Waals surface area (Å²) < 4.78 is 5.52. The molecule has 3 rings (SSSR count). The van der Waals surface area contributed by atoms with Gasteiger partial charge in [-0.15, -0.1) is 11.8 Å². The number of ether oxygens (including phenoxy) is 1. The number of esters is 1. The third-order valence-corrected chi connectivity index (χ3v) is 6.57. The van der Waals surface area contributed by atoms with Crippen LogP contribution in [0.5, 0.6) is 0 Å². The molecule has 6 nitrogen and oxygen atoms in total. The number of nitrogens with one attached hydrogen (secondary N) is 2. The van der Waals surface area contributed by atoms with Gasteiger partial charge >= 0.3 is 5.97 Å². The molecule has 174 valence electrons. The molecule has 0 saturated heterocycles. The Morgan fingerprint density at radius 2 is 1.82 bits per heavy atom. The van der Waals surface area contributed by atoms with Crippen LogP contribution >= 0.6 is 24.0 Å². The van der Waals surface area contributed by atoms with Crippen LogP contribution in [0.15, 0.2) is 70.8 Å². The van der Waals surface area contributed by atoms with Gasteiger partial charge in [-0.05, 0) is 54.9 Å². The van der Waals surface area contributed by atoms with Crippen molar-refractivity contribution in [1.82, 2.24) is 10.2 Å². The van der Waals surface area contributed by atoms with Crippen molar-refractivity contribution in [1.29, 1.82) is 0 Å². The average Bonchev–Trinajstić information content (AvgIpc) is 2.80. The van der Waals surface area contributed by atoms with E-state index in [1.165, 1.54) is 11.8 Å². The highest BCUT2D eigenvalue weighted by Crippen LogP contribution is 2.31. The van der Waals surface area contributed by atoms with Crippen LogP contribution in [-0.2, 0) is 14.3 Å². The Labute approximate surface area is 204 Å². The van der Waals surface area contributed by atoms with Gasteiger partial charge in [0.2, 0.25) is 5.91 Å². The zero-order valence-electron chi connectivity index (χ0n) is 19.3. The lowest BCUT2D eigenvalue weighted by atomic mass is 9.95. The molecule has 0 saturated carbocycles. The van der Waals surface area contributed by atoms with Gasteiger partial charge in [-0.2, -0.15) is 0 Å². The van der Waals surface area contributed by atoms with E-state index in [9.17, 15) is 9.59 Å². The fraction of sp³-hybridized carbons (Fsp3) is 0.320. The highest BCUT2D eigenvalue weighted by Gasteiger charge is 2.33. The summed E-state index contributed by atoms with van der Waals surface area (Å²) in [6.45, 7) is 6.21. The maximum Gasteiger partial charge on any atom is 0.338 e. The summed E-state index contributed by atoms with van der Waals surface area (Å²) in [6.07, 6.45) is 0. The lowest BCUT2D eigenvalue weighted by molar-refractivity contribution is -0.140. The molecule has 1 amide bonds. The van der Waals surface area contributed by atoms with Crippen molar-refractivity contribution in [2.45, 2.75) is 31.7 Å². The molecular weight excluding hydrogens is 454 g/mol. The second-order valence-electron chi connectivity index (χ2n) is 8.20. The molecule has 2 N–H and O–H groups in total. The highest BCUT2D eigenvalue weighted by molar-refractivity contribution is 8.00. The number of thiocarbonyl (C=S) groups is 1. The Morgan fingerprint density at radius 3 is 2.45 bits per heavy atom. The quantitative estimate of drug-likeness (QED) is 0.319. The van der Waals surface area contributed by atoms with Gasteiger partial charge in [0.05, 0.1) is 24.0 Å². The predicted octanol–water partition coefficient (Wildman–Crippen LogP) is 4.75. The molecule has 33 heavy (non-hydrogen) atoms. The molecule has 8 heteroatoms. The molecule has 0 bridgehead atoms. The van der Waals surface area contributed by atoms with Crippen LogP contribution in [0.2, 0.25) is 0 Å². The standard InChI is InChI=1S/C25H29N3O3S2/c1-16(2)14-31-24(30)22-17(3)28(4)25(32)27-23(22)18-10-12-19(13-11-18)26-21(29)15-33-20-8-6-5-7-9-20/h5-13,16,23H,14-15H2,1-4H3,(H,26,29)(H,27,32). The minimum Gasteiger partial charge on any atom is -0.462 e. The number of nitrogens with zero attached hydrogens (tertiary/aromatic N) is 1. The van der Waals surface area contributed by atoms with Crippen LogP contribution < -0.4 is 10.6 Å². The Kier molecular flexibility index (Phi) is 8.52. The molecule has 1 aliphatic rings. The van der Waals surface area contributed by atoms with Crippen LogP contribution in [0.4, 0.5) is 5.69 Å². The zero-order valence-corrected chi connectivity index (χ0v) is 20.9. The normalized spacial score (nSPS) is 16.0. The Hall–Kier alpha value is -2.84. The van der Waals surface area contributed by atoms with Gasteiger partial charge in [-0.1, -0.05) is 44.2 Å². The molecule has 0 spiro atoms. The minimum atomic E-state index is -0.424.